The standard InChI is InChI=1S/C24H27Cl3N2O2S/c1-2-22(24(31)28-19-5-3-4-6-19)29(14-16-7-8-18(26)13-21(16)27)23(30)15-32-20-11-9-17(25)10-12-20/h7-13,19,22H,2-6,14-15H2,1H3,(H,28,31)/t22-/m0/s1. The Bertz CT molecular complexity index is 933. The largest absolute Gasteiger partial charge is 0.352 e. The molecule has 32 heavy (non-hydrogen) atoms. The van der Waals surface area contributed by atoms with Gasteiger partial charge in [0.15, 0.2) is 0 Å². The molecule has 2 amide bonds. The lowest BCUT2D eigenvalue weighted by Crippen LogP contribution is -2.51. The van der Waals surface area contributed by atoms with Crippen molar-refractivity contribution in [3.05, 3.63) is 63.1 Å². The lowest BCUT2D eigenvalue weighted by molar-refractivity contribution is -0.139. The van der Waals surface area contributed by atoms with Crippen LogP contribution in [0.4, 0.5) is 0 Å². The third kappa shape index (κ3) is 7.05. The molecule has 0 spiro atoms. The molecule has 0 bridgehead atoms. The Morgan fingerprint density at radius 2 is 1.72 bits per heavy atom. The Morgan fingerprint density at radius 1 is 1.06 bits per heavy atom. The number of halogens is 3. The summed E-state index contributed by atoms with van der Waals surface area (Å²) < 4.78 is 0. The van der Waals surface area contributed by atoms with Crippen molar-refractivity contribution < 1.29 is 9.59 Å². The molecule has 0 radical (unpaired) electrons. The number of rotatable bonds is 9. The van der Waals surface area contributed by atoms with Crippen molar-refractivity contribution in [3.63, 3.8) is 0 Å². The highest BCUT2D eigenvalue weighted by molar-refractivity contribution is 8.00. The quantitative estimate of drug-likeness (QED) is 0.384. The molecule has 1 aliphatic rings. The van der Waals surface area contributed by atoms with Gasteiger partial charge in [-0.3, -0.25) is 9.59 Å². The van der Waals surface area contributed by atoms with Gasteiger partial charge in [-0.1, -0.05) is 60.6 Å². The van der Waals surface area contributed by atoms with E-state index in [2.05, 4.69) is 5.32 Å². The molecule has 1 aliphatic carbocycles. The average Bonchev–Trinajstić information content (AvgIpc) is 3.27. The summed E-state index contributed by atoms with van der Waals surface area (Å²) in [6, 6.07) is 12.2. The van der Waals surface area contributed by atoms with Crippen LogP contribution in [0.1, 0.15) is 44.6 Å². The van der Waals surface area contributed by atoms with E-state index in [4.69, 9.17) is 34.8 Å². The highest BCUT2D eigenvalue weighted by atomic mass is 35.5. The summed E-state index contributed by atoms with van der Waals surface area (Å²) >= 11 is 19.8. The second kappa shape index (κ2) is 12.2. The molecule has 172 valence electrons. The first-order valence-corrected chi connectivity index (χ1v) is 12.9. The minimum absolute atomic E-state index is 0.102. The summed E-state index contributed by atoms with van der Waals surface area (Å²) in [7, 11) is 0. The molecule has 0 aromatic heterocycles. The van der Waals surface area contributed by atoms with Crippen LogP contribution < -0.4 is 5.32 Å². The number of nitrogens with zero attached hydrogens (tertiary/aromatic N) is 1. The highest BCUT2D eigenvalue weighted by Gasteiger charge is 2.31. The first-order chi connectivity index (χ1) is 15.4. The molecule has 1 atom stereocenters. The van der Waals surface area contributed by atoms with Crippen LogP contribution in [0.2, 0.25) is 15.1 Å². The number of benzene rings is 2. The lowest BCUT2D eigenvalue weighted by Gasteiger charge is -2.31. The summed E-state index contributed by atoms with van der Waals surface area (Å²) in [5, 5.41) is 4.80. The van der Waals surface area contributed by atoms with Gasteiger partial charge < -0.3 is 10.2 Å². The number of carbonyl (C=O) groups excluding carboxylic acids is 2. The monoisotopic (exact) mass is 512 g/mol. The Balaban J connectivity index is 1.78. The van der Waals surface area contributed by atoms with Crippen molar-refractivity contribution in [3.8, 4) is 0 Å². The van der Waals surface area contributed by atoms with E-state index in [9.17, 15) is 9.59 Å². The maximum Gasteiger partial charge on any atom is 0.243 e. The number of hydrogen-bond acceptors (Lipinski definition) is 3. The van der Waals surface area contributed by atoms with Crippen LogP contribution in [0.3, 0.4) is 0 Å². The van der Waals surface area contributed by atoms with E-state index in [1.807, 2.05) is 19.1 Å². The fourth-order valence-corrected chi connectivity index (χ4v) is 5.26. The van der Waals surface area contributed by atoms with Gasteiger partial charge in [0.1, 0.15) is 6.04 Å². The van der Waals surface area contributed by atoms with E-state index in [1.165, 1.54) is 11.8 Å². The van der Waals surface area contributed by atoms with Gasteiger partial charge in [-0.15, -0.1) is 11.8 Å². The SMILES string of the molecule is CC[C@@H](C(=O)NC1CCCC1)N(Cc1ccc(Cl)cc1Cl)C(=O)CSc1ccc(Cl)cc1. The summed E-state index contributed by atoms with van der Waals surface area (Å²) in [4.78, 5) is 29.1. The molecule has 0 saturated heterocycles. The van der Waals surface area contributed by atoms with Crippen LogP contribution in [-0.4, -0.2) is 34.6 Å². The first-order valence-electron chi connectivity index (χ1n) is 10.8. The average molecular weight is 514 g/mol. The Kier molecular flexibility index (Phi) is 9.60. The van der Waals surface area contributed by atoms with Crippen molar-refractivity contribution in [2.75, 3.05) is 5.75 Å². The normalized spacial score (nSPS) is 14.9. The molecule has 8 heteroatoms. The van der Waals surface area contributed by atoms with E-state index in [0.29, 0.717) is 21.5 Å². The number of nitrogens with one attached hydrogen (secondary N) is 1. The fraction of sp³-hybridized carbons (Fsp3) is 0.417. The fourth-order valence-electron chi connectivity index (χ4n) is 3.88. The predicted octanol–water partition coefficient (Wildman–Crippen LogP) is 6.61. The minimum Gasteiger partial charge on any atom is -0.352 e. The molecule has 3 rings (SSSR count). The van der Waals surface area contributed by atoms with Gasteiger partial charge >= 0.3 is 0 Å². The van der Waals surface area contributed by atoms with Crippen molar-refractivity contribution in [1.29, 1.82) is 0 Å². The predicted molar refractivity (Wildman–Crippen MR) is 134 cm³/mol. The molecule has 4 nitrogen and oxygen atoms in total. The van der Waals surface area contributed by atoms with E-state index in [1.54, 1.807) is 35.2 Å². The molecular weight excluding hydrogens is 487 g/mol. The van der Waals surface area contributed by atoms with Crippen molar-refractivity contribution in [2.24, 2.45) is 0 Å². The van der Waals surface area contributed by atoms with Crippen molar-refractivity contribution in [1.82, 2.24) is 10.2 Å². The molecule has 1 fully saturated rings. The number of carbonyl (C=O) groups is 2. The summed E-state index contributed by atoms with van der Waals surface area (Å²) in [6.45, 7) is 2.17. The summed E-state index contributed by atoms with van der Waals surface area (Å²) in [6.07, 6.45) is 4.75. The molecule has 2 aromatic carbocycles. The van der Waals surface area contributed by atoms with Gasteiger partial charge in [-0.25, -0.2) is 0 Å². The molecule has 1 saturated carbocycles. The van der Waals surface area contributed by atoms with Crippen LogP contribution in [-0.2, 0) is 16.1 Å². The maximum atomic E-state index is 13.3. The lowest BCUT2D eigenvalue weighted by atomic mass is 10.1. The zero-order chi connectivity index (χ0) is 23.1. The van der Waals surface area contributed by atoms with Crippen LogP contribution in [0, 0.1) is 0 Å². The minimum atomic E-state index is -0.569. The van der Waals surface area contributed by atoms with Gasteiger partial charge in [0.05, 0.1) is 5.75 Å². The molecule has 2 aromatic rings. The molecule has 0 unspecified atom stereocenters. The Labute approximate surface area is 209 Å². The number of thioether (sulfide) groups is 1. The molecule has 1 N–H and O–H groups in total. The van der Waals surface area contributed by atoms with E-state index < -0.39 is 6.04 Å². The summed E-state index contributed by atoms with van der Waals surface area (Å²) in [5.41, 5.74) is 0.757. The van der Waals surface area contributed by atoms with E-state index in [0.717, 1.165) is 36.1 Å². The topological polar surface area (TPSA) is 49.4 Å². The molecular formula is C24H27Cl3N2O2S. The number of hydrogen-bond donors (Lipinski definition) is 1. The second-order valence-electron chi connectivity index (χ2n) is 7.91. The van der Waals surface area contributed by atoms with Gasteiger partial charge in [0.2, 0.25) is 11.8 Å². The van der Waals surface area contributed by atoms with Crippen molar-refractivity contribution in [2.45, 2.75) is 62.6 Å². The molecule has 0 heterocycles. The van der Waals surface area contributed by atoms with E-state index >= 15 is 0 Å². The van der Waals surface area contributed by atoms with Crippen LogP contribution in [0.15, 0.2) is 47.4 Å². The number of amides is 2. The third-order valence-electron chi connectivity index (χ3n) is 5.62. The van der Waals surface area contributed by atoms with Crippen LogP contribution in [0.25, 0.3) is 0 Å². The summed E-state index contributed by atoms with van der Waals surface area (Å²) in [5.74, 6) is -0.0150. The van der Waals surface area contributed by atoms with Crippen LogP contribution in [0.5, 0.6) is 0 Å². The zero-order valence-corrected chi connectivity index (χ0v) is 21.0. The Morgan fingerprint density at radius 3 is 2.34 bits per heavy atom. The maximum absolute atomic E-state index is 13.3. The Hall–Kier alpha value is -1.40. The first kappa shape index (κ1) is 25.2. The van der Waals surface area contributed by atoms with E-state index in [-0.39, 0.29) is 30.2 Å². The zero-order valence-electron chi connectivity index (χ0n) is 18.0. The van der Waals surface area contributed by atoms with Crippen LogP contribution >= 0.6 is 46.6 Å². The van der Waals surface area contributed by atoms with Crippen molar-refractivity contribution >= 4 is 58.4 Å². The smallest absolute Gasteiger partial charge is 0.243 e. The van der Waals surface area contributed by atoms with Gasteiger partial charge in [-0.2, -0.15) is 0 Å². The van der Waals surface area contributed by atoms with Gasteiger partial charge in [-0.05, 0) is 61.2 Å². The molecule has 0 aliphatic heterocycles. The van der Waals surface area contributed by atoms with Gasteiger partial charge in [0, 0.05) is 32.5 Å². The second-order valence-corrected chi connectivity index (χ2v) is 10.2. The third-order valence-corrected chi connectivity index (χ3v) is 7.45. The highest BCUT2D eigenvalue weighted by Crippen LogP contribution is 2.26. The van der Waals surface area contributed by atoms with Gasteiger partial charge in [0.25, 0.3) is 0 Å².